The SMILES string of the molecule is Cc1ccc(C23CCC(CO2)NC3)cc1. The van der Waals surface area contributed by atoms with Crippen LogP contribution in [-0.2, 0) is 10.3 Å². The van der Waals surface area contributed by atoms with Gasteiger partial charge in [0, 0.05) is 12.6 Å². The van der Waals surface area contributed by atoms with Crippen LogP contribution < -0.4 is 5.32 Å². The fourth-order valence-corrected chi connectivity index (χ4v) is 2.62. The summed E-state index contributed by atoms with van der Waals surface area (Å²) in [4.78, 5) is 0. The van der Waals surface area contributed by atoms with Crippen molar-refractivity contribution in [2.24, 2.45) is 0 Å². The van der Waals surface area contributed by atoms with E-state index in [4.69, 9.17) is 4.74 Å². The molecular weight excluding hydrogens is 186 g/mol. The standard InChI is InChI=1S/C13H17NO/c1-10-2-4-11(5-3-10)13-7-6-12(8-15-13)14-9-13/h2-5,12,14H,6-9H2,1H3. The average molecular weight is 203 g/mol. The van der Waals surface area contributed by atoms with Crippen LogP contribution in [0.3, 0.4) is 0 Å². The summed E-state index contributed by atoms with van der Waals surface area (Å²) in [6.45, 7) is 3.97. The highest BCUT2D eigenvalue weighted by Crippen LogP contribution is 2.38. The van der Waals surface area contributed by atoms with Crippen molar-refractivity contribution < 1.29 is 4.74 Å². The summed E-state index contributed by atoms with van der Waals surface area (Å²) in [6.07, 6.45) is 2.40. The third-order valence-electron chi connectivity index (χ3n) is 3.71. The summed E-state index contributed by atoms with van der Waals surface area (Å²) in [5.41, 5.74) is 2.61. The van der Waals surface area contributed by atoms with Crippen LogP contribution in [0, 0.1) is 6.92 Å². The molecule has 80 valence electrons. The highest BCUT2D eigenvalue weighted by molar-refractivity contribution is 5.28. The molecule has 3 heterocycles. The number of ether oxygens (including phenoxy) is 1. The van der Waals surface area contributed by atoms with Crippen LogP contribution in [0.4, 0.5) is 0 Å². The molecule has 2 bridgehead atoms. The second-order valence-corrected chi connectivity index (χ2v) is 4.79. The first-order valence-electron chi connectivity index (χ1n) is 5.73. The summed E-state index contributed by atoms with van der Waals surface area (Å²) in [5.74, 6) is 0. The molecule has 2 heteroatoms. The van der Waals surface area contributed by atoms with E-state index in [0.717, 1.165) is 19.6 Å². The maximum Gasteiger partial charge on any atom is 0.106 e. The summed E-state index contributed by atoms with van der Waals surface area (Å²) in [7, 11) is 0. The van der Waals surface area contributed by atoms with Gasteiger partial charge in [-0.3, -0.25) is 0 Å². The van der Waals surface area contributed by atoms with Crippen LogP contribution in [0.2, 0.25) is 0 Å². The number of rotatable bonds is 1. The van der Waals surface area contributed by atoms with Crippen LogP contribution >= 0.6 is 0 Å². The van der Waals surface area contributed by atoms with Gasteiger partial charge in [0.15, 0.2) is 0 Å². The molecule has 4 rings (SSSR count). The Morgan fingerprint density at radius 2 is 2.13 bits per heavy atom. The van der Waals surface area contributed by atoms with Gasteiger partial charge in [-0.15, -0.1) is 0 Å². The lowest BCUT2D eigenvalue weighted by molar-refractivity contribution is -0.129. The Hall–Kier alpha value is -0.860. The zero-order chi connectivity index (χ0) is 10.3. The molecule has 3 aliphatic heterocycles. The van der Waals surface area contributed by atoms with Crippen molar-refractivity contribution in [2.45, 2.75) is 31.4 Å². The van der Waals surface area contributed by atoms with Gasteiger partial charge in [0.05, 0.1) is 6.61 Å². The van der Waals surface area contributed by atoms with Crippen LogP contribution in [0.5, 0.6) is 0 Å². The Morgan fingerprint density at radius 1 is 1.33 bits per heavy atom. The molecule has 1 N–H and O–H groups in total. The topological polar surface area (TPSA) is 21.3 Å². The van der Waals surface area contributed by atoms with Crippen molar-refractivity contribution in [3.63, 3.8) is 0 Å². The second kappa shape index (κ2) is 3.32. The maximum absolute atomic E-state index is 6.03. The summed E-state index contributed by atoms with van der Waals surface area (Å²) in [5, 5.41) is 3.55. The predicted molar refractivity (Wildman–Crippen MR) is 59.8 cm³/mol. The monoisotopic (exact) mass is 203 g/mol. The minimum Gasteiger partial charge on any atom is -0.367 e. The van der Waals surface area contributed by atoms with Gasteiger partial charge in [-0.2, -0.15) is 0 Å². The Labute approximate surface area is 90.6 Å². The van der Waals surface area contributed by atoms with E-state index in [0.29, 0.717) is 6.04 Å². The Morgan fingerprint density at radius 3 is 2.67 bits per heavy atom. The van der Waals surface area contributed by atoms with Gasteiger partial charge in [-0.1, -0.05) is 29.8 Å². The number of benzene rings is 1. The second-order valence-electron chi connectivity index (χ2n) is 4.79. The molecule has 0 saturated carbocycles. The van der Waals surface area contributed by atoms with Crippen molar-refractivity contribution in [3.05, 3.63) is 35.4 Å². The molecule has 0 spiro atoms. The lowest BCUT2D eigenvalue weighted by atomic mass is 9.81. The number of hydrogen-bond acceptors (Lipinski definition) is 2. The first-order chi connectivity index (χ1) is 7.28. The number of nitrogens with one attached hydrogen (secondary N) is 1. The fraction of sp³-hybridized carbons (Fsp3) is 0.538. The molecule has 2 atom stereocenters. The van der Waals surface area contributed by atoms with Crippen molar-refractivity contribution in [2.75, 3.05) is 13.2 Å². The van der Waals surface area contributed by atoms with E-state index < -0.39 is 0 Å². The van der Waals surface area contributed by atoms with E-state index in [1.54, 1.807) is 0 Å². The number of fused-ring (bicyclic) bond motifs is 3. The molecule has 15 heavy (non-hydrogen) atoms. The number of hydrogen-bond donors (Lipinski definition) is 1. The number of aryl methyl sites for hydroxylation is 1. The average Bonchev–Trinajstić information content (AvgIpc) is 2.32. The Balaban J connectivity index is 1.94. The fourth-order valence-electron chi connectivity index (χ4n) is 2.62. The van der Waals surface area contributed by atoms with E-state index in [1.165, 1.54) is 17.5 Å². The van der Waals surface area contributed by atoms with Gasteiger partial charge in [-0.25, -0.2) is 0 Å². The molecule has 3 fully saturated rings. The Kier molecular flexibility index (Phi) is 2.08. The molecule has 3 aliphatic rings. The molecule has 2 nitrogen and oxygen atoms in total. The molecule has 1 aromatic rings. The molecule has 3 saturated heterocycles. The number of piperidine rings is 1. The molecular formula is C13H17NO. The van der Waals surface area contributed by atoms with Crippen LogP contribution in [0.25, 0.3) is 0 Å². The van der Waals surface area contributed by atoms with Gasteiger partial charge in [0.1, 0.15) is 5.60 Å². The first kappa shape index (κ1) is 9.37. The minimum atomic E-state index is -0.0392. The smallest absolute Gasteiger partial charge is 0.106 e. The zero-order valence-corrected chi connectivity index (χ0v) is 9.12. The van der Waals surface area contributed by atoms with Crippen molar-refractivity contribution in [1.29, 1.82) is 0 Å². The molecule has 1 aromatic carbocycles. The highest BCUT2D eigenvalue weighted by atomic mass is 16.5. The molecule has 0 aliphatic carbocycles. The normalized spacial score (nSPS) is 34.3. The molecule has 0 radical (unpaired) electrons. The van der Waals surface area contributed by atoms with E-state index in [2.05, 4.69) is 36.5 Å². The predicted octanol–water partition coefficient (Wildman–Crippen LogP) is 1.97. The zero-order valence-electron chi connectivity index (χ0n) is 9.12. The first-order valence-corrected chi connectivity index (χ1v) is 5.73. The minimum absolute atomic E-state index is 0.0392. The summed E-state index contributed by atoms with van der Waals surface area (Å²) >= 11 is 0. The van der Waals surface area contributed by atoms with Gasteiger partial charge < -0.3 is 10.1 Å². The van der Waals surface area contributed by atoms with Crippen LogP contribution in [0.15, 0.2) is 24.3 Å². The maximum atomic E-state index is 6.03. The Bertz CT molecular complexity index is 336. The van der Waals surface area contributed by atoms with Crippen molar-refractivity contribution in [3.8, 4) is 0 Å². The third kappa shape index (κ3) is 1.48. The van der Waals surface area contributed by atoms with Gasteiger partial charge in [-0.05, 0) is 25.3 Å². The lowest BCUT2D eigenvalue weighted by Crippen LogP contribution is -2.57. The van der Waals surface area contributed by atoms with Crippen molar-refractivity contribution in [1.82, 2.24) is 5.32 Å². The highest BCUT2D eigenvalue weighted by Gasteiger charge is 2.42. The number of morpholine rings is 1. The molecule has 0 aromatic heterocycles. The largest absolute Gasteiger partial charge is 0.367 e. The van der Waals surface area contributed by atoms with E-state index >= 15 is 0 Å². The molecule has 0 amide bonds. The van der Waals surface area contributed by atoms with Crippen LogP contribution in [-0.4, -0.2) is 19.2 Å². The van der Waals surface area contributed by atoms with E-state index in [9.17, 15) is 0 Å². The molecule has 2 unspecified atom stereocenters. The third-order valence-corrected chi connectivity index (χ3v) is 3.71. The van der Waals surface area contributed by atoms with E-state index in [1.807, 2.05) is 0 Å². The lowest BCUT2D eigenvalue weighted by Gasteiger charge is -2.47. The van der Waals surface area contributed by atoms with Crippen molar-refractivity contribution >= 4 is 0 Å². The summed E-state index contributed by atoms with van der Waals surface area (Å²) in [6, 6.07) is 9.37. The quantitative estimate of drug-likeness (QED) is 0.753. The van der Waals surface area contributed by atoms with Crippen LogP contribution in [0.1, 0.15) is 24.0 Å². The van der Waals surface area contributed by atoms with Gasteiger partial charge in [0.25, 0.3) is 0 Å². The summed E-state index contributed by atoms with van der Waals surface area (Å²) < 4.78 is 6.03. The van der Waals surface area contributed by atoms with Gasteiger partial charge in [0.2, 0.25) is 0 Å². The van der Waals surface area contributed by atoms with Gasteiger partial charge >= 0.3 is 0 Å². The van der Waals surface area contributed by atoms with E-state index in [-0.39, 0.29) is 5.60 Å².